The molecule has 0 spiro atoms. The fraction of sp³-hybridized carbons (Fsp3) is 0.643. The maximum atomic E-state index is 10.2. The predicted molar refractivity (Wildman–Crippen MR) is 66.8 cm³/mol. The lowest BCUT2D eigenvalue weighted by Gasteiger charge is -2.30. The molecule has 3 nitrogen and oxygen atoms in total. The highest BCUT2D eigenvalue weighted by Crippen LogP contribution is 2.33. The van der Waals surface area contributed by atoms with Crippen LogP contribution in [0, 0.1) is 0 Å². The van der Waals surface area contributed by atoms with Gasteiger partial charge in [-0.2, -0.15) is 0 Å². The van der Waals surface area contributed by atoms with Crippen molar-refractivity contribution in [1.29, 1.82) is 0 Å². The van der Waals surface area contributed by atoms with E-state index in [0.29, 0.717) is 6.42 Å². The molecule has 1 aromatic rings. The van der Waals surface area contributed by atoms with Crippen LogP contribution in [-0.2, 0) is 6.42 Å². The van der Waals surface area contributed by atoms with E-state index in [1.807, 2.05) is 13.0 Å². The highest BCUT2D eigenvalue weighted by Gasteiger charge is 2.31. The Balaban J connectivity index is 2.17. The highest BCUT2D eigenvalue weighted by atomic mass is 16.3. The van der Waals surface area contributed by atoms with E-state index in [1.54, 1.807) is 6.20 Å². The summed E-state index contributed by atoms with van der Waals surface area (Å²) in [7, 11) is 0. The van der Waals surface area contributed by atoms with Gasteiger partial charge in [0.05, 0.1) is 12.2 Å². The van der Waals surface area contributed by atoms with Gasteiger partial charge in [-0.1, -0.05) is 19.4 Å². The molecule has 3 atom stereocenters. The average Bonchev–Trinajstić information content (AvgIpc) is 2.37. The molecule has 1 aliphatic rings. The van der Waals surface area contributed by atoms with Crippen LogP contribution in [0.1, 0.15) is 49.8 Å². The number of hydrogen-bond donors (Lipinski definition) is 2. The lowest BCUT2D eigenvalue weighted by atomic mass is 9.81. The van der Waals surface area contributed by atoms with Gasteiger partial charge in [0, 0.05) is 17.8 Å². The van der Waals surface area contributed by atoms with E-state index in [4.69, 9.17) is 0 Å². The van der Waals surface area contributed by atoms with Crippen molar-refractivity contribution >= 4 is 0 Å². The summed E-state index contributed by atoms with van der Waals surface area (Å²) < 4.78 is 0. The molecule has 0 amide bonds. The Bertz CT molecular complexity index is 367. The molecular formula is C14H21NO2. The fourth-order valence-electron chi connectivity index (χ4n) is 2.71. The first-order valence-electron chi connectivity index (χ1n) is 6.54. The van der Waals surface area contributed by atoms with Crippen LogP contribution in [0.2, 0.25) is 0 Å². The lowest BCUT2D eigenvalue weighted by molar-refractivity contribution is -0.00629. The van der Waals surface area contributed by atoms with Gasteiger partial charge in [-0.3, -0.25) is 4.98 Å². The number of hydrogen-bond acceptors (Lipinski definition) is 3. The number of aliphatic hydroxyl groups excluding tert-OH is 2. The molecule has 94 valence electrons. The first-order chi connectivity index (χ1) is 8.24. The van der Waals surface area contributed by atoms with E-state index in [0.717, 1.165) is 31.4 Å². The third-order valence-electron chi connectivity index (χ3n) is 3.63. The van der Waals surface area contributed by atoms with Crippen molar-refractivity contribution in [3.8, 4) is 0 Å². The van der Waals surface area contributed by atoms with Gasteiger partial charge in [0.25, 0.3) is 0 Å². The molecule has 0 fully saturated rings. The van der Waals surface area contributed by atoms with E-state index < -0.39 is 12.2 Å². The van der Waals surface area contributed by atoms with Crippen LogP contribution in [0.25, 0.3) is 0 Å². The topological polar surface area (TPSA) is 53.4 Å². The van der Waals surface area contributed by atoms with Crippen molar-refractivity contribution in [2.75, 3.05) is 0 Å². The Morgan fingerprint density at radius 2 is 2.29 bits per heavy atom. The minimum absolute atomic E-state index is 0.00139. The van der Waals surface area contributed by atoms with Crippen molar-refractivity contribution in [2.24, 2.45) is 0 Å². The summed E-state index contributed by atoms with van der Waals surface area (Å²) in [6.07, 6.45) is 5.04. The molecular weight excluding hydrogens is 214 g/mol. The molecule has 17 heavy (non-hydrogen) atoms. The molecule has 0 radical (unpaired) electrons. The summed E-state index contributed by atoms with van der Waals surface area (Å²) >= 11 is 0. The van der Waals surface area contributed by atoms with E-state index in [2.05, 4.69) is 11.1 Å². The van der Waals surface area contributed by atoms with Crippen molar-refractivity contribution in [3.05, 3.63) is 29.6 Å². The maximum absolute atomic E-state index is 10.2. The van der Waals surface area contributed by atoms with Gasteiger partial charge >= 0.3 is 0 Å². The Kier molecular flexibility index (Phi) is 4.13. The van der Waals surface area contributed by atoms with Crippen LogP contribution in [0.4, 0.5) is 0 Å². The number of aryl methyl sites for hydroxylation is 1. The number of fused-ring (bicyclic) bond motifs is 1. The summed E-state index contributed by atoms with van der Waals surface area (Å²) in [5.74, 6) is 0.00139. The van der Waals surface area contributed by atoms with Crippen LogP contribution in [-0.4, -0.2) is 27.4 Å². The zero-order valence-corrected chi connectivity index (χ0v) is 10.3. The van der Waals surface area contributed by atoms with Crippen LogP contribution in [0.5, 0.6) is 0 Å². The molecule has 3 heteroatoms. The Morgan fingerprint density at radius 3 is 3.06 bits per heavy atom. The van der Waals surface area contributed by atoms with Gasteiger partial charge in [0.1, 0.15) is 0 Å². The van der Waals surface area contributed by atoms with Gasteiger partial charge in [-0.05, 0) is 37.3 Å². The van der Waals surface area contributed by atoms with Gasteiger partial charge in [-0.15, -0.1) is 0 Å². The number of aromatic nitrogens is 1. The largest absolute Gasteiger partial charge is 0.390 e. The van der Waals surface area contributed by atoms with Crippen LogP contribution in [0.3, 0.4) is 0 Å². The molecule has 0 aliphatic heterocycles. The third-order valence-corrected chi connectivity index (χ3v) is 3.63. The quantitative estimate of drug-likeness (QED) is 0.839. The van der Waals surface area contributed by atoms with Crippen molar-refractivity contribution < 1.29 is 10.2 Å². The molecule has 2 rings (SSSR count). The molecule has 0 aromatic carbocycles. The molecule has 0 bridgehead atoms. The van der Waals surface area contributed by atoms with E-state index in [9.17, 15) is 10.2 Å². The second-order valence-corrected chi connectivity index (χ2v) is 4.89. The van der Waals surface area contributed by atoms with Crippen LogP contribution >= 0.6 is 0 Å². The van der Waals surface area contributed by atoms with E-state index in [-0.39, 0.29) is 5.92 Å². The van der Waals surface area contributed by atoms with Crippen molar-refractivity contribution in [2.45, 2.75) is 57.2 Å². The van der Waals surface area contributed by atoms with Gasteiger partial charge < -0.3 is 10.2 Å². The minimum Gasteiger partial charge on any atom is -0.390 e. The number of rotatable bonds is 4. The second kappa shape index (κ2) is 5.61. The average molecular weight is 235 g/mol. The Labute approximate surface area is 103 Å². The van der Waals surface area contributed by atoms with Crippen molar-refractivity contribution in [3.63, 3.8) is 0 Å². The fourth-order valence-corrected chi connectivity index (χ4v) is 2.71. The summed E-state index contributed by atoms with van der Waals surface area (Å²) in [6, 6.07) is 4.02. The molecule has 2 N–H and O–H groups in total. The normalized spacial score (nSPS) is 22.9. The molecule has 0 saturated carbocycles. The maximum Gasteiger partial charge on any atom is 0.0882 e. The molecule has 1 aliphatic carbocycles. The summed E-state index contributed by atoms with van der Waals surface area (Å²) in [4.78, 5) is 4.39. The second-order valence-electron chi connectivity index (χ2n) is 4.89. The lowest BCUT2D eigenvalue weighted by Crippen LogP contribution is -2.34. The standard InChI is InChI=1S/C14H21NO2/c1-2-5-12(16)14(17)11-8-3-6-10-7-4-9-15-13(10)11/h4,7,9,11-12,14,16-17H,2-3,5-6,8H2,1H3. The molecule has 3 unspecified atom stereocenters. The molecule has 1 aromatic heterocycles. The van der Waals surface area contributed by atoms with Gasteiger partial charge in [0.15, 0.2) is 0 Å². The third kappa shape index (κ3) is 2.67. The van der Waals surface area contributed by atoms with E-state index in [1.165, 1.54) is 5.56 Å². The van der Waals surface area contributed by atoms with Crippen LogP contribution < -0.4 is 0 Å². The number of aliphatic hydroxyl groups is 2. The first-order valence-corrected chi connectivity index (χ1v) is 6.54. The Hall–Kier alpha value is -0.930. The SMILES string of the molecule is CCCC(O)C(O)C1CCCc2cccnc21. The minimum atomic E-state index is -0.677. The van der Waals surface area contributed by atoms with Gasteiger partial charge in [-0.25, -0.2) is 0 Å². The number of pyridine rings is 1. The van der Waals surface area contributed by atoms with Crippen LogP contribution in [0.15, 0.2) is 18.3 Å². The number of nitrogens with zero attached hydrogens (tertiary/aromatic N) is 1. The van der Waals surface area contributed by atoms with Crippen molar-refractivity contribution in [1.82, 2.24) is 4.98 Å². The molecule has 0 saturated heterocycles. The smallest absolute Gasteiger partial charge is 0.0882 e. The zero-order chi connectivity index (χ0) is 12.3. The Morgan fingerprint density at radius 1 is 1.47 bits per heavy atom. The highest BCUT2D eigenvalue weighted by molar-refractivity contribution is 5.27. The summed E-state index contributed by atoms with van der Waals surface area (Å²) in [5.41, 5.74) is 2.22. The zero-order valence-electron chi connectivity index (χ0n) is 10.3. The predicted octanol–water partition coefficient (Wildman–Crippen LogP) is 2.02. The summed E-state index contributed by atoms with van der Waals surface area (Å²) in [6.45, 7) is 2.02. The van der Waals surface area contributed by atoms with Gasteiger partial charge in [0.2, 0.25) is 0 Å². The molecule has 1 heterocycles. The monoisotopic (exact) mass is 235 g/mol. The van der Waals surface area contributed by atoms with E-state index >= 15 is 0 Å². The summed E-state index contributed by atoms with van der Waals surface area (Å²) in [5, 5.41) is 20.1. The first kappa shape index (κ1) is 12.5.